The highest BCUT2D eigenvalue weighted by Gasteiger charge is 2.26. The minimum absolute atomic E-state index is 0.110. The maximum atomic E-state index is 12.4. The normalized spacial score (nSPS) is 12.6. The van der Waals surface area contributed by atoms with E-state index in [4.69, 9.17) is 0 Å². The minimum Gasteiger partial charge on any atom is -0.328 e. The summed E-state index contributed by atoms with van der Waals surface area (Å²) in [6, 6.07) is 0. The first kappa shape index (κ1) is 15.0. The second-order valence-corrected chi connectivity index (χ2v) is 5.52. The molecule has 0 atom stereocenters. The van der Waals surface area contributed by atoms with Crippen LogP contribution in [-0.4, -0.2) is 35.3 Å². The van der Waals surface area contributed by atoms with E-state index in [2.05, 4.69) is 36.0 Å². The summed E-state index contributed by atoms with van der Waals surface area (Å²) >= 11 is 3.16. The molecule has 0 saturated carbocycles. The molecule has 0 fully saturated rings. The molecule has 0 unspecified atom stereocenters. The van der Waals surface area contributed by atoms with Gasteiger partial charge >= 0.3 is 11.9 Å². The van der Waals surface area contributed by atoms with Crippen molar-refractivity contribution < 1.29 is 13.2 Å². The van der Waals surface area contributed by atoms with Crippen LogP contribution in [0, 0.1) is 6.92 Å². The first-order valence-electron chi connectivity index (χ1n) is 6.34. The average molecular weight is 379 g/mol. The minimum atomic E-state index is -4.26. The van der Waals surface area contributed by atoms with Crippen LogP contribution in [0.15, 0.2) is 9.53 Å². The lowest BCUT2D eigenvalue weighted by molar-refractivity contribution is -0.135. The van der Waals surface area contributed by atoms with Gasteiger partial charge in [-0.2, -0.15) is 17.7 Å². The van der Waals surface area contributed by atoms with E-state index in [9.17, 15) is 18.0 Å². The molecule has 0 amide bonds. The molecular formula is C11H10BrF3N6O. The van der Waals surface area contributed by atoms with E-state index < -0.39 is 18.3 Å². The van der Waals surface area contributed by atoms with Crippen molar-refractivity contribution in [3.05, 3.63) is 21.0 Å². The van der Waals surface area contributed by atoms with Gasteiger partial charge in [-0.1, -0.05) is 0 Å². The number of aromatic nitrogens is 6. The maximum Gasteiger partial charge on any atom is 0.389 e. The first-order valence-corrected chi connectivity index (χ1v) is 7.14. The van der Waals surface area contributed by atoms with Crippen LogP contribution < -0.4 is 5.69 Å². The second-order valence-electron chi connectivity index (χ2n) is 4.77. The fourth-order valence-corrected chi connectivity index (χ4v) is 2.61. The van der Waals surface area contributed by atoms with Crippen LogP contribution in [0.1, 0.15) is 18.7 Å². The van der Waals surface area contributed by atoms with Crippen molar-refractivity contribution in [1.29, 1.82) is 0 Å². The van der Waals surface area contributed by atoms with Crippen LogP contribution in [0.2, 0.25) is 0 Å². The molecular weight excluding hydrogens is 369 g/mol. The fourth-order valence-electron chi connectivity index (χ4n) is 2.24. The third-order valence-corrected chi connectivity index (χ3v) is 3.48. The topological polar surface area (TPSA) is 80.9 Å². The Morgan fingerprint density at radius 1 is 1.27 bits per heavy atom. The molecule has 3 aromatic heterocycles. The lowest BCUT2D eigenvalue weighted by atomic mass is 10.3. The molecule has 0 aliphatic heterocycles. The fraction of sp³-hybridized carbons (Fsp3) is 0.455. The van der Waals surface area contributed by atoms with Crippen LogP contribution in [-0.2, 0) is 6.54 Å². The van der Waals surface area contributed by atoms with Crippen LogP contribution in [0.3, 0.4) is 0 Å². The number of fused-ring (bicyclic) bond motifs is 3. The number of nitrogens with zero attached hydrogens (tertiary/aromatic N) is 5. The van der Waals surface area contributed by atoms with E-state index in [-0.39, 0.29) is 18.6 Å². The molecule has 0 aromatic carbocycles. The molecule has 0 bridgehead atoms. The highest BCUT2D eigenvalue weighted by Crippen LogP contribution is 2.23. The molecule has 7 nitrogen and oxygen atoms in total. The van der Waals surface area contributed by atoms with Gasteiger partial charge in [0.2, 0.25) is 0 Å². The van der Waals surface area contributed by atoms with Gasteiger partial charge in [0.05, 0.1) is 0 Å². The van der Waals surface area contributed by atoms with Gasteiger partial charge < -0.3 is 4.98 Å². The Labute approximate surface area is 129 Å². The van der Waals surface area contributed by atoms with E-state index in [1.54, 1.807) is 6.92 Å². The van der Waals surface area contributed by atoms with Crippen molar-refractivity contribution in [2.24, 2.45) is 0 Å². The van der Waals surface area contributed by atoms with Crippen LogP contribution in [0.25, 0.3) is 16.8 Å². The average Bonchev–Trinajstić information content (AvgIpc) is 2.95. The molecule has 3 aromatic rings. The number of hydrogen-bond acceptors (Lipinski definition) is 4. The Hall–Kier alpha value is -1.91. The molecule has 3 heterocycles. The number of halogens is 4. The lowest BCUT2D eigenvalue weighted by Crippen LogP contribution is -2.28. The van der Waals surface area contributed by atoms with E-state index in [0.717, 1.165) is 4.52 Å². The highest BCUT2D eigenvalue weighted by atomic mass is 79.9. The third kappa shape index (κ3) is 2.60. The molecule has 0 radical (unpaired) electrons. The van der Waals surface area contributed by atoms with Gasteiger partial charge in [-0.05, 0) is 29.3 Å². The third-order valence-electron chi connectivity index (χ3n) is 3.10. The number of H-pyrrole nitrogens is 1. The summed E-state index contributed by atoms with van der Waals surface area (Å²) in [6.45, 7) is 1.51. The van der Waals surface area contributed by atoms with Gasteiger partial charge in [0.15, 0.2) is 16.0 Å². The summed E-state index contributed by atoms with van der Waals surface area (Å²) in [7, 11) is 0. The van der Waals surface area contributed by atoms with Crippen molar-refractivity contribution in [3.8, 4) is 0 Å². The zero-order valence-corrected chi connectivity index (χ0v) is 12.9. The summed E-state index contributed by atoms with van der Waals surface area (Å²) in [6.07, 6.45) is -5.45. The largest absolute Gasteiger partial charge is 0.389 e. The number of aryl methyl sites for hydroxylation is 2. The molecule has 11 heteroatoms. The smallest absolute Gasteiger partial charge is 0.328 e. The molecule has 0 aliphatic carbocycles. The number of rotatable bonds is 3. The van der Waals surface area contributed by atoms with Crippen LogP contribution in [0.4, 0.5) is 13.2 Å². The Kier molecular flexibility index (Phi) is 3.46. The van der Waals surface area contributed by atoms with Crippen LogP contribution >= 0.6 is 15.9 Å². The summed E-state index contributed by atoms with van der Waals surface area (Å²) in [5.41, 5.74) is 0.421. The number of imidazole rings is 1. The van der Waals surface area contributed by atoms with Gasteiger partial charge in [0, 0.05) is 13.0 Å². The molecule has 118 valence electrons. The van der Waals surface area contributed by atoms with E-state index in [1.807, 2.05) is 0 Å². The van der Waals surface area contributed by atoms with Gasteiger partial charge in [-0.3, -0.25) is 4.57 Å². The number of aromatic amines is 1. The summed E-state index contributed by atoms with van der Waals surface area (Å²) in [5.74, 6) is 0.386. The molecule has 0 saturated heterocycles. The Bertz CT molecular complexity index is 908. The van der Waals surface area contributed by atoms with E-state index >= 15 is 0 Å². The predicted molar refractivity (Wildman–Crippen MR) is 74.6 cm³/mol. The zero-order valence-electron chi connectivity index (χ0n) is 11.3. The number of alkyl halides is 3. The van der Waals surface area contributed by atoms with Crippen molar-refractivity contribution in [3.63, 3.8) is 0 Å². The molecule has 1 N–H and O–H groups in total. The van der Waals surface area contributed by atoms with Crippen molar-refractivity contribution in [2.75, 3.05) is 0 Å². The molecule has 0 aliphatic rings. The maximum absolute atomic E-state index is 12.4. The Balaban J connectivity index is 2.14. The lowest BCUT2D eigenvalue weighted by Gasteiger charge is -2.09. The molecule has 22 heavy (non-hydrogen) atoms. The quantitative estimate of drug-likeness (QED) is 0.708. The van der Waals surface area contributed by atoms with Crippen molar-refractivity contribution in [1.82, 2.24) is 29.1 Å². The SMILES string of the molecule is Cc1nc2c3[nH]c(Br)nc3n(CCCC(F)(F)F)c(=O)n2n1. The molecule has 3 rings (SSSR count). The number of hydrogen-bond donors (Lipinski definition) is 1. The van der Waals surface area contributed by atoms with Crippen LogP contribution in [0.5, 0.6) is 0 Å². The van der Waals surface area contributed by atoms with E-state index in [0.29, 0.717) is 21.7 Å². The van der Waals surface area contributed by atoms with Gasteiger partial charge in [-0.15, -0.1) is 5.10 Å². The Morgan fingerprint density at radius 3 is 2.68 bits per heavy atom. The standard InChI is InChI=1S/C11H10BrF3N6O/c1-5-16-8-6-7(18-9(12)17-6)20(10(22)21(8)19-5)4-2-3-11(13,14)15/h2-4H2,1H3,(H,17,18). The second kappa shape index (κ2) is 5.07. The Morgan fingerprint density at radius 2 is 2.00 bits per heavy atom. The highest BCUT2D eigenvalue weighted by molar-refractivity contribution is 9.10. The van der Waals surface area contributed by atoms with Crippen molar-refractivity contribution >= 4 is 32.7 Å². The van der Waals surface area contributed by atoms with Gasteiger partial charge in [-0.25, -0.2) is 14.8 Å². The van der Waals surface area contributed by atoms with Gasteiger partial charge in [0.1, 0.15) is 11.3 Å². The summed E-state index contributed by atoms with van der Waals surface area (Å²) in [5, 5.41) is 3.98. The monoisotopic (exact) mass is 378 g/mol. The summed E-state index contributed by atoms with van der Waals surface area (Å²) < 4.78 is 39.5. The molecule has 0 spiro atoms. The first-order chi connectivity index (χ1) is 10.3. The van der Waals surface area contributed by atoms with Crippen molar-refractivity contribution in [2.45, 2.75) is 32.5 Å². The predicted octanol–water partition coefficient (Wildman–Crippen LogP) is 2.18. The van der Waals surface area contributed by atoms with E-state index in [1.165, 1.54) is 4.57 Å². The summed E-state index contributed by atoms with van der Waals surface area (Å²) in [4.78, 5) is 23.5. The number of nitrogens with one attached hydrogen (secondary N) is 1. The zero-order chi connectivity index (χ0) is 16.1. The van der Waals surface area contributed by atoms with Gasteiger partial charge in [0.25, 0.3) is 0 Å².